The van der Waals surface area contributed by atoms with Gasteiger partial charge in [0.15, 0.2) is 0 Å². The Morgan fingerprint density at radius 1 is 1.39 bits per heavy atom. The minimum atomic E-state index is -0.251. The lowest BCUT2D eigenvalue weighted by molar-refractivity contribution is -0.121. The second kappa shape index (κ2) is 6.50. The number of halogens is 1. The molecule has 1 saturated heterocycles. The summed E-state index contributed by atoms with van der Waals surface area (Å²) in [5, 5.41) is 6.15. The van der Waals surface area contributed by atoms with Crippen LogP contribution in [0.15, 0.2) is 24.3 Å². The first kappa shape index (κ1) is 13.0. The molecule has 1 unspecified atom stereocenters. The molecule has 0 radical (unpaired) electrons. The van der Waals surface area contributed by atoms with Crippen molar-refractivity contribution in [3.8, 4) is 0 Å². The van der Waals surface area contributed by atoms with E-state index < -0.39 is 0 Å². The molecule has 98 valence electrons. The fourth-order valence-electron chi connectivity index (χ4n) is 2.19. The van der Waals surface area contributed by atoms with Gasteiger partial charge >= 0.3 is 0 Å². The summed E-state index contributed by atoms with van der Waals surface area (Å²) in [6, 6.07) is 6.20. The molecule has 1 fully saturated rings. The van der Waals surface area contributed by atoms with E-state index in [-0.39, 0.29) is 11.7 Å². The molecule has 0 saturated carbocycles. The normalized spacial score (nSPS) is 18.8. The third-order valence-corrected chi connectivity index (χ3v) is 3.34. The van der Waals surface area contributed by atoms with E-state index in [9.17, 15) is 9.18 Å². The van der Waals surface area contributed by atoms with Crippen molar-refractivity contribution in [2.45, 2.75) is 25.8 Å². The highest BCUT2D eigenvalue weighted by Crippen LogP contribution is 2.14. The predicted octanol–water partition coefficient (Wildman–Crippen LogP) is 1.83. The van der Waals surface area contributed by atoms with Gasteiger partial charge in [-0.1, -0.05) is 12.1 Å². The van der Waals surface area contributed by atoms with Crippen molar-refractivity contribution in [1.29, 1.82) is 0 Å². The number of rotatable bonds is 5. The molecule has 0 spiro atoms. The van der Waals surface area contributed by atoms with Crippen LogP contribution in [0.5, 0.6) is 0 Å². The van der Waals surface area contributed by atoms with Crippen molar-refractivity contribution in [1.82, 2.24) is 10.6 Å². The molecule has 0 bridgehead atoms. The standard InChI is InChI=1S/C14H19FN2O/c15-13-4-1-11(2-5-13)10-17-14(18)6-3-12-7-8-16-9-12/h1-2,4-5,12,16H,3,6-10H2,(H,17,18). The molecule has 2 N–H and O–H groups in total. The molecule has 18 heavy (non-hydrogen) atoms. The third kappa shape index (κ3) is 4.11. The zero-order valence-electron chi connectivity index (χ0n) is 10.4. The van der Waals surface area contributed by atoms with E-state index in [1.165, 1.54) is 18.6 Å². The number of nitrogens with one attached hydrogen (secondary N) is 2. The summed E-state index contributed by atoms with van der Waals surface area (Å²) in [4.78, 5) is 11.6. The Bertz CT molecular complexity index is 385. The number of carbonyl (C=O) groups excluding carboxylic acids is 1. The smallest absolute Gasteiger partial charge is 0.220 e. The lowest BCUT2D eigenvalue weighted by atomic mass is 10.0. The third-order valence-electron chi connectivity index (χ3n) is 3.34. The molecule has 1 aliphatic heterocycles. The van der Waals surface area contributed by atoms with Gasteiger partial charge in [0.05, 0.1) is 0 Å². The van der Waals surface area contributed by atoms with Crippen LogP contribution < -0.4 is 10.6 Å². The average molecular weight is 250 g/mol. The van der Waals surface area contributed by atoms with Gasteiger partial charge < -0.3 is 10.6 Å². The van der Waals surface area contributed by atoms with Crippen LogP contribution in [0.1, 0.15) is 24.8 Å². The van der Waals surface area contributed by atoms with E-state index >= 15 is 0 Å². The van der Waals surface area contributed by atoms with Gasteiger partial charge in [-0.15, -0.1) is 0 Å². The second-order valence-corrected chi connectivity index (χ2v) is 4.80. The van der Waals surface area contributed by atoms with Crippen LogP contribution in [0.25, 0.3) is 0 Å². The van der Waals surface area contributed by atoms with E-state index in [0.717, 1.165) is 25.1 Å². The van der Waals surface area contributed by atoms with Crippen LogP contribution in [0, 0.1) is 11.7 Å². The van der Waals surface area contributed by atoms with Gasteiger partial charge in [-0.2, -0.15) is 0 Å². The second-order valence-electron chi connectivity index (χ2n) is 4.80. The summed E-state index contributed by atoms with van der Waals surface area (Å²) < 4.78 is 12.7. The Kier molecular flexibility index (Phi) is 4.70. The molecule has 0 aliphatic carbocycles. The highest BCUT2D eigenvalue weighted by atomic mass is 19.1. The molecule has 1 amide bonds. The predicted molar refractivity (Wildman–Crippen MR) is 68.5 cm³/mol. The maximum absolute atomic E-state index is 12.7. The van der Waals surface area contributed by atoms with Gasteiger partial charge in [0.2, 0.25) is 5.91 Å². The zero-order chi connectivity index (χ0) is 12.8. The van der Waals surface area contributed by atoms with Crippen molar-refractivity contribution in [2.75, 3.05) is 13.1 Å². The van der Waals surface area contributed by atoms with Gasteiger partial charge in [-0.05, 0) is 49.5 Å². The van der Waals surface area contributed by atoms with Crippen LogP contribution in [-0.4, -0.2) is 19.0 Å². The Morgan fingerprint density at radius 2 is 2.17 bits per heavy atom. The first-order valence-electron chi connectivity index (χ1n) is 6.46. The van der Waals surface area contributed by atoms with E-state index in [0.29, 0.717) is 18.9 Å². The molecule has 1 atom stereocenters. The molecular formula is C14H19FN2O. The molecule has 1 aromatic rings. The number of carbonyl (C=O) groups is 1. The van der Waals surface area contributed by atoms with Crippen LogP contribution >= 0.6 is 0 Å². The van der Waals surface area contributed by atoms with Crippen LogP contribution in [-0.2, 0) is 11.3 Å². The summed E-state index contributed by atoms with van der Waals surface area (Å²) in [5.41, 5.74) is 0.923. The van der Waals surface area contributed by atoms with Crippen molar-refractivity contribution in [3.05, 3.63) is 35.6 Å². The molecule has 4 heteroatoms. The zero-order valence-corrected chi connectivity index (χ0v) is 10.4. The fourth-order valence-corrected chi connectivity index (χ4v) is 2.19. The summed E-state index contributed by atoms with van der Waals surface area (Å²) in [6.45, 7) is 2.58. The van der Waals surface area contributed by atoms with Crippen molar-refractivity contribution < 1.29 is 9.18 Å². The SMILES string of the molecule is O=C(CCC1CCNC1)NCc1ccc(F)cc1. The molecule has 1 heterocycles. The van der Waals surface area contributed by atoms with Crippen molar-refractivity contribution in [3.63, 3.8) is 0 Å². The lowest BCUT2D eigenvalue weighted by Crippen LogP contribution is -2.23. The summed E-state index contributed by atoms with van der Waals surface area (Å²) in [6.07, 6.45) is 2.70. The van der Waals surface area contributed by atoms with Crippen molar-refractivity contribution >= 4 is 5.91 Å². The molecule has 2 rings (SSSR count). The van der Waals surface area contributed by atoms with Gasteiger partial charge in [0.25, 0.3) is 0 Å². The van der Waals surface area contributed by atoms with Crippen molar-refractivity contribution in [2.24, 2.45) is 5.92 Å². The van der Waals surface area contributed by atoms with E-state index in [1.807, 2.05) is 0 Å². The Hall–Kier alpha value is -1.42. The number of hydrogen-bond donors (Lipinski definition) is 2. The van der Waals surface area contributed by atoms with E-state index in [4.69, 9.17) is 0 Å². The first-order valence-corrected chi connectivity index (χ1v) is 6.46. The minimum Gasteiger partial charge on any atom is -0.352 e. The molecule has 1 aromatic carbocycles. The van der Waals surface area contributed by atoms with Gasteiger partial charge in [-0.25, -0.2) is 4.39 Å². The average Bonchev–Trinajstić information content (AvgIpc) is 2.89. The van der Waals surface area contributed by atoms with Crippen LogP contribution in [0.4, 0.5) is 4.39 Å². The Balaban J connectivity index is 1.66. The summed E-state index contributed by atoms with van der Waals surface area (Å²) in [5.74, 6) is 0.464. The van der Waals surface area contributed by atoms with Gasteiger partial charge in [-0.3, -0.25) is 4.79 Å². The van der Waals surface area contributed by atoms with E-state index in [1.54, 1.807) is 12.1 Å². The number of hydrogen-bond acceptors (Lipinski definition) is 2. The Labute approximate surface area is 107 Å². The van der Waals surface area contributed by atoms with Gasteiger partial charge in [0.1, 0.15) is 5.82 Å². The summed E-state index contributed by atoms with van der Waals surface area (Å²) in [7, 11) is 0. The topological polar surface area (TPSA) is 41.1 Å². The van der Waals surface area contributed by atoms with E-state index in [2.05, 4.69) is 10.6 Å². The van der Waals surface area contributed by atoms with Crippen LogP contribution in [0.3, 0.4) is 0 Å². The molecule has 0 aromatic heterocycles. The lowest BCUT2D eigenvalue weighted by Gasteiger charge is -2.08. The number of amides is 1. The quantitative estimate of drug-likeness (QED) is 0.837. The molecular weight excluding hydrogens is 231 g/mol. The first-order chi connectivity index (χ1) is 8.74. The maximum atomic E-state index is 12.7. The summed E-state index contributed by atoms with van der Waals surface area (Å²) >= 11 is 0. The molecule has 3 nitrogen and oxygen atoms in total. The van der Waals surface area contributed by atoms with Gasteiger partial charge in [0, 0.05) is 13.0 Å². The monoisotopic (exact) mass is 250 g/mol. The highest BCUT2D eigenvalue weighted by molar-refractivity contribution is 5.75. The fraction of sp³-hybridized carbons (Fsp3) is 0.500. The maximum Gasteiger partial charge on any atom is 0.220 e. The van der Waals surface area contributed by atoms with Crippen LogP contribution in [0.2, 0.25) is 0 Å². The highest BCUT2D eigenvalue weighted by Gasteiger charge is 2.15. The largest absolute Gasteiger partial charge is 0.352 e. The number of benzene rings is 1. The Morgan fingerprint density at radius 3 is 2.83 bits per heavy atom. The minimum absolute atomic E-state index is 0.0752. The molecule has 1 aliphatic rings.